The van der Waals surface area contributed by atoms with Gasteiger partial charge in [-0.15, -0.1) is 0 Å². The fourth-order valence-corrected chi connectivity index (χ4v) is 3.20. The van der Waals surface area contributed by atoms with Gasteiger partial charge in [0.2, 0.25) is 0 Å². The molecule has 5 nitrogen and oxygen atoms in total. The molecule has 0 aliphatic heterocycles. The van der Waals surface area contributed by atoms with Crippen LogP contribution in [0.25, 0.3) is 0 Å². The number of carbonyl (C=O) groups is 1. The highest BCUT2D eigenvalue weighted by molar-refractivity contribution is 5.92. The minimum Gasteiger partial charge on any atom is -0.396 e. The highest BCUT2D eigenvalue weighted by Gasteiger charge is 2.21. The predicted octanol–water partition coefficient (Wildman–Crippen LogP) is 2.85. The van der Waals surface area contributed by atoms with E-state index >= 15 is 0 Å². The largest absolute Gasteiger partial charge is 0.396 e. The maximum absolute atomic E-state index is 12.5. The molecule has 1 atom stereocenters. The summed E-state index contributed by atoms with van der Waals surface area (Å²) in [7, 11) is 0. The second kappa shape index (κ2) is 7.42. The number of carbonyl (C=O) groups excluding carboxylic acids is 1. The van der Waals surface area contributed by atoms with Gasteiger partial charge < -0.3 is 10.4 Å². The molecule has 1 aromatic heterocycles. The molecule has 3 rings (SSSR count). The molecule has 0 radical (unpaired) electrons. The lowest BCUT2D eigenvalue weighted by molar-refractivity contribution is 0.0923. The summed E-state index contributed by atoms with van der Waals surface area (Å²) in [4.78, 5) is 12.5. The van der Waals surface area contributed by atoms with Crippen molar-refractivity contribution in [3.05, 3.63) is 53.9 Å². The van der Waals surface area contributed by atoms with Crippen molar-refractivity contribution in [3.63, 3.8) is 0 Å². The number of amides is 1. The van der Waals surface area contributed by atoms with Gasteiger partial charge >= 0.3 is 0 Å². The molecule has 0 spiro atoms. The van der Waals surface area contributed by atoms with Gasteiger partial charge in [0.05, 0.1) is 12.1 Å². The van der Waals surface area contributed by atoms with Crippen LogP contribution in [0.2, 0.25) is 0 Å². The third-order valence-corrected chi connectivity index (χ3v) is 4.46. The molecule has 2 N–H and O–H groups in total. The van der Waals surface area contributed by atoms with Crippen LogP contribution < -0.4 is 5.32 Å². The first kappa shape index (κ1) is 15.7. The molecule has 122 valence electrons. The van der Waals surface area contributed by atoms with Gasteiger partial charge in [-0.05, 0) is 30.9 Å². The first-order valence-electron chi connectivity index (χ1n) is 8.30. The van der Waals surface area contributed by atoms with Crippen LogP contribution in [0.1, 0.15) is 60.2 Å². The quantitative estimate of drug-likeness (QED) is 0.862. The van der Waals surface area contributed by atoms with Crippen molar-refractivity contribution < 1.29 is 9.90 Å². The van der Waals surface area contributed by atoms with Crippen LogP contribution in [-0.4, -0.2) is 27.4 Å². The lowest BCUT2D eigenvalue weighted by Gasteiger charge is -2.17. The summed E-state index contributed by atoms with van der Waals surface area (Å²) in [5, 5.41) is 16.7. The zero-order chi connectivity index (χ0) is 16.1. The van der Waals surface area contributed by atoms with Gasteiger partial charge in [-0.25, -0.2) is 0 Å². The molecular formula is C18H23N3O2. The Kier molecular flexibility index (Phi) is 5.08. The van der Waals surface area contributed by atoms with Crippen molar-refractivity contribution in [2.24, 2.45) is 0 Å². The normalized spacial score (nSPS) is 16.4. The van der Waals surface area contributed by atoms with Crippen molar-refractivity contribution in [3.8, 4) is 0 Å². The number of benzene rings is 1. The average molecular weight is 313 g/mol. The third-order valence-electron chi connectivity index (χ3n) is 4.46. The number of hydrogen-bond donors (Lipinski definition) is 2. The van der Waals surface area contributed by atoms with Gasteiger partial charge in [0.25, 0.3) is 5.91 Å². The number of nitrogens with one attached hydrogen (secondary N) is 1. The summed E-state index contributed by atoms with van der Waals surface area (Å²) in [6.45, 7) is 0.0242. The maximum Gasteiger partial charge on any atom is 0.272 e. The fraction of sp³-hybridized carbons (Fsp3) is 0.444. The molecule has 2 aromatic rings. The highest BCUT2D eigenvalue weighted by Crippen LogP contribution is 2.28. The topological polar surface area (TPSA) is 67.2 Å². The average Bonchev–Trinajstić information content (AvgIpc) is 3.26. The Morgan fingerprint density at radius 3 is 2.70 bits per heavy atom. The molecule has 1 heterocycles. The van der Waals surface area contributed by atoms with Gasteiger partial charge in [0.1, 0.15) is 5.69 Å². The van der Waals surface area contributed by atoms with Crippen molar-refractivity contribution >= 4 is 5.91 Å². The van der Waals surface area contributed by atoms with E-state index < -0.39 is 0 Å². The molecule has 1 fully saturated rings. The molecular weight excluding hydrogens is 290 g/mol. The number of aliphatic hydroxyl groups excluding tert-OH is 1. The van der Waals surface area contributed by atoms with Gasteiger partial charge in [0, 0.05) is 12.8 Å². The SMILES string of the molecule is O=C(NC(CCO)c1ccccc1)c1ccn(C2CCCC2)n1. The minimum atomic E-state index is -0.203. The molecule has 1 saturated carbocycles. The summed E-state index contributed by atoms with van der Waals surface area (Å²) in [6.07, 6.45) is 7.13. The van der Waals surface area contributed by atoms with Crippen LogP contribution in [0, 0.1) is 0 Å². The molecule has 1 aromatic carbocycles. The number of rotatable bonds is 6. The highest BCUT2D eigenvalue weighted by atomic mass is 16.3. The summed E-state index contributed by atoms with van der Waals surface area (Å²) in [5.74, 6) is -0.191. The van der Waals surface area contributed by atoms with Gasteiger partial charge in [-0.3, -0.25) is 9.48 Å². The lowest BCUT2D eigenvalue weighted by atomic mass is 10.0. The Balaban J connectivity index is 1.69. The van der Waals surface area contributed by atoms with E-state index in [1.165, 1.54) is 12.8 Å². The van der Waals surface area contributed by atoms with E-state index in [0.29, 0.717) is 18.2 Å². The molecule has 23 heavy (non-hydrogen) atoms. The first-order valence-corrected chi connectivity index (χ1v) is 8.30. The van der Waals surface area contributed by atoms with Gasteiger partial charge in [-0.2, -0.15) is 5.10 Å². The van der Waals surface area contributed by atoms with Crippen molar-refractivity contribution in [2.75, 3.05) is 6.61 Å². The van der Waals surface area contributed by atoms with Crippen LogP contribution in [-0.2, 0) is 0 Å². The molecule has 0 saturated heterocycles. The van der Waals surface area contributed by atoms with Crippen molar-refractivity contribution in [2.45, 2.75) is 44.2 Å². The van der Waals surface area contributed by atoms with Gasteiger partial charge in [-0.1, -0.05) is 43.2 Å². The number of hydrogen-bond acceptors (Lipinski definition) is 3. The molecule has 1 aliphatic rings. The Hall–Kier alpha value is -2.14. The van der Waals surface area contributed by atoms with E-state index in [2.05, 4.69) is 10.4 Å². The summed E-state index contributed by atoms with van der Waals surface area (Å²) in [5.41, 5.74) is 1.43. The Morgan fingerprint density at radius 1 is 1.26 bits per heavy atom. The van der Waals surface area contributed by atoms with E-state index in [-0.39, 0.29) is 18.6 Å². The van der Waals surface area contributed by atoms with E-state index in [0.717, 1.165) is 18.4 Å². The molecule has 0 bridgehead atoms. The van der Waals surface area contributed by atoms with Crippen molar-refractivity contribution in [1.29, 1.82) is 0 Å². The van der Waals surface area contributed by atoms with E-state index in [1.807, 2.05) is 41.2 Å². The van der Waals surface area contributed by atoms with Crippen LogP contribution in [0.4, 0.5) is 0 Å². The summed E-state index contributed by atoms with van der Waals surface area (Å²) >= 11 is 0. The van der Waals surface area contributed by atoms with Crippen LogP contribution in [0.15, 0.2) is 42.6 Å². The third kappa shape index (κ3) is 3.79. The molecule has 5 heteroatoms. The van der Waals surface area contributed by atoms with Gasteiger partial charge in [0.15, 0.2) is 0 Å². The summed E-state index contributed by atoms with van der Waals surface area (Å²) < 4.78 is 1.92. The zero-order valence-electron chi connectivity index (χ0n) is 13.2. The zero-order valence-corrected chi connectivity index (χ0v) is 13.2. The monoisotopic (exact) mass is 313 g/mol. The maximum atomic E-state index is 12.5. The molecule has 1 amide bonds. The Bertz CT molecular complexity index is 633. The smallest absolute Gasteiger partial charge is 0.272 e. The lowest BCUT2D eigenvalue weighted by Crippen LogP contribution is -2.29. The fourth-order valence-electron chi connectivity index (χ4n) is 3.20. The predicted molar refractivity (Wildman–Crippen MR) is 88.1 cm³/mol. The molecule has 1 aliphatic carbocycles. The van der Waals surface area contributed by atoms with E-state index in [1.54, 1.807) is 6.07 Å². The number of nitrogens with zero attached hydrogens (tertiary/aromatic N) is 2. The summed E-state index contributed by atoms with van der Waals surface area (Å²) in [6, 6.07) is 11.7. The van der Waals surface area contributed by atoms with Crippen molar-refractivity contribution in [1.82, 2.24) is 15.1 Å². The second-order valence-corrected chi connectivity index (χ2v) is 6.07. The standard InChI is InChI=1S/C18H23N3O2/c22-13-11-16(14-6-2-1-3-7-14)19-18(23)17-10-12-21(20-17)15-8-4-5-9-15/h1-3,6-7,10,12,15-16,22H,4-5,8-9,11,13H2,(H,19,23). The number of aromatic nitrogens is 2. The second-order valence-electron chi connectivity index (χ2n) is 6.07. The Morgan fingerprint density at radius 2 is 2.00 bits per heavy atom. The van der Waals surface area contributed by atoms with E-state index in [4.69, 9.17) is 0 Å². The van der Waals surface area contributed by atoms with Crippen LogP contribution in [0.5, 0.6) is 0 Å². The van der Waals surface area contributed by atoms with Crippen LogP contribution >= 0.6 is 0 Å². The molecule has 1 unspecified atom stereocenters. The van der Waals surface area contributed by atoms with Crippen LogP contribution in [0.3, 0.4) is 0 Å². The van der Waals surface area contributed by atoms with E-state index in [9.17, 15) is 9.90 Å². The first-order chi connectivity index (χ1) is 11.3. The Labute approximate surface area is 136 Å². The number of aliphatic hydroxyl groups is 1. The minimum absolute atomic E-state index is 0.0242.